The van der Waals surface area contributed by atoms with Crippen molar-refractivity contribution in [2.75, 3.05) is 0 Å². The summed E-state index contributed by atoms with van der Waals surface area (Å²) < 4.78 is 0.873. The molecule has 16 heavy (non-hydrogen) atoms. The van der Waals surface area contributed by atoms with Crippen molar-refractivity contribution in [3.8, 4) is 11.1 Å². The summed E-state index contributed by atoms with van der Waals surface area (Å²) in [6, 6.07) is 12.4. The Labute approximate surface area is 106 Å². The van der Waals surface area contributed by atoms with E-state index >= 15 is 0 Å². The van der Waals surface area contributed by atoms with Crippen LogP contribution in [0.25, 0.3) is 11.1 Å². The lowest BCUT2D eigenvalue weighted by Gasteiger charge is -1.99. The first kappa shape index (κ1) is 11.7. The van der Waals surface area contributed by atoms with Crippen LogP contribution < -0.4 is 0 Å². The molecule has 0 saturated heterocycles. The molecule has 0 bridgehead atoms. The Hall–Kier alpha value is -0.790. The van der Waals surface area contributed by atoms with Crippen LogP contribution in [0.1, 0.15) is 18.7 Å². The lowest BCUT2D eigenvalue weighted by atomic mass is 10.1. The summed E-state index contributed by atoms with van der Waals surface area (Å²) in [7, 11) is 0. The van der Waals surface area contributed by atoms with Crippen LogP contribution in [0, 0.1) is 12.3 Å². The first-order valence-corrected chi connectivity index (χ1v) is 6.56. The molecule has 0 N–H and O–H groups in total. The van der Waals surface area contributed by atoms with Crippen molar-refractivity contribution in [1.29, 1.82) is 0 Å². The monoisotopic (exact) mass is 249 g/mol. The third-order valence-corrected chi connectivity index (χ3v) is 3.61. The number of benzene rings is 1. The van der Waals surface area contributed by atoms with E-state index in [1.165, 1.54) is 10.4 Å². The lowest BCUT2D eigenvalue weighted by molar-refractivity contribution is 0.781. The molecular formula is C14H14ClS. The van der Waals surface area contributed by atoms with E-state index in [1.54, 1.807) is 11.3 Å². The van der Waals surface area contributed by atoms with Crippen LogP contribution in [0.2, 0.25) is 4.34 Å². The summed E-state index contributed by atoms with van der Waals surface area (Å²) in [5.74, 6) is 0.554. The average molecular weight is 250 g/mol. The Bertz CT molecular complexity index is 457. The van der Waals surface area contributed by atoms with Crippen LogP contribution in [-0.4, -0.2) is 0 Å². The van der Waals surface area contributed by atoms with Crippen molar-refractivity contribution in [2.45, 2.75) is 13.8 Å². The normalized spacial score (nSPS) is 11.0. The summed E-state index contributed by atoms with van der Waals surface area (Å²) in [5.41, 5.74) is 2.33. The minimum atomic E-state index is 0.554. The zero-order chi connectivity index (χ0) is 11.5. The largest absolute Gasteiger partial charge is 0.127 e. The van der Waals surface area contributed by atoms with Gasteiger partial charge in [0.2, 0.25) is 0 Å². The smallest absolute Gasteiger partial charge is 0.101 e. The molecular weight excluding hydrogens is 236 g/mol. The molecule has 1 radical (unpaired) electrons. The Balaban J connectivity index is 2.32. The molecule has 1 heterocycles. The van der Waals surface area contributed by atoms with E-state index in [0.717, 1.165) is 9.90 Å². The van der Waals surface area contributed by atoms with Crippen molar-refractivity contribution >= 4 is 22.9 Å². The van der Waals surface area contributed by atoms with Gasteiger partial charge in [-0.25, -0.2) is 0 Å². The number of rotatable bonds is 3. The van der Waals surface area contributed by atoms with Crippen LogP contribution in [0.4, 0.5) is 0 Å². The molecule has 0 nitrogen and oxygen atoms in total. The van der Waals surface area contributed by atoms with E-state index in [-0.39, 0.29) is 0 Å². The minimum absolute atomic E-state index is 0.554. The van der Waals surface area contributed by atoms with Gasteiger partial charge in [-0.2, -0.15) is 0 Å². The second-order valence-corrected chi connectivity index (χ2v) is 5.80. The van der Waals surface area contributed by atoms with E-state index in [0.29, 0.717) is 5.92 Å². The second-order valence-electron chi connectivity index (χ2n) is 4.11. The maximum absolute atomic E-state index is 6.26. The van der Waals surface area contributed by atoms with Gasteiger partial charge in [-0.3, -0.25) is 0 Å². The van der Waals surface area contributed by atoms with E-state index in [1.807, 2.05) is 18.2 Å². The Kier molecular flexibility index (Phi) is 3.67. The molecule has 2 heteroatoms. The quantitative estimate of drug-likeness (QED) is 0.695. The molecule has 0 aliphatic carbocycles. The minimum Gasteiger partial charge on any atom is -0.127 e. The third kappa shape index (κ3) is 2.66. The fourth-order valence-electron chi connectivity index (χ4n) is 1.61. The molecule has 0 atom stereocenters. The molecule has 0 aliphatic heterocycles. The van der Waals surface area contributed by atoms with E-state index in [9.17, 15) is 0 Å². The molecule has 0 fully saturated rings. The predicted octanol–water partition coefficient (Wildman–Crippen LogP) is 5.28. The van der Waals surface area contributed by atoms with Crippen molar-refractivity contribution in [3.63, 3.8) is 0 Å². The molecule has 83 valence electrons. The maximum atomic E-state index is 6.26. The van der Waals surface area contributed by atoms with E-state index in [4.69, 9.17) is 11.6 Å². The van der Waals surface area contributed by atoms with E-state index in [2.05, 4.69) is 38.5 Å². The molecule has 0 unspecified atom stereocenters. The van der Waals surface area contributed by atoms with Gasteiger partial charge in [0.25, 0.3) is 0 Å². The van der Waals surface area contributed by atoms with Gasteiger partial charge >= 0.3 is 0 Å². The van der Waals surface area contributed by atoms with Crippen LogP contribution in [-0.2, 0) is 0 Å². The molecule has 0 spiro atoms. The highest BCUT2D eigenvalue weighted by atomic mass is 35.5. The van der Waals surface area contributed by atoms with Crippen LogP contribution >= 0.6 is 22.9 Å². The van der Waals surface area contributed by atoms with Crippen LogP contribution in [0.15, 0.2) is 36.4 Å². The molecule has 2 rings (SSSR count). The number of hydrogen-bond donors (Lipinski definition) is 0. The predicted molar refractivity (Wildman–Crippen MR) is 73.0 cm³/mol. The fourth-order valence-corrected chi connectivity index (χ4v) is 3.05. The maximum Gasteiger partial charge on any atom is 0.101 e. The van der Waals surface area contributed by atoms with Gasteiger partial charge < -0.3 is 0 Å². The van der Waals surface area contributed by atoms with E-state index < -0.39 is 0 Å². The summed E-state index contributed by atoms with van der Waals surface area (Å²) in [6.45, 7) is 4.35. The number of halogens is 1. The summed E-state index contributed by atoms with van der Waals surface area (Å²) in [6.07, 6.45) is 2.24. The summed E-state index contributed by atoms with van der Waals surface area (Å²) in [4.78, 5) is 1.25. The third-order valence-electron chi connectivity index (χ3n) is 2.29. The van der Waals surface area contributed by atoms with Gasteiger partial charge in [0.15, 0.2) is 0 Å². The Morgan fingerprint density at radius 1 is 1.19 bits per heavy atom. The van der Waals surface area contributed by atoms with Crippen LogP contribution in [0.3, 0.4) is 0 Å². The van der Waals surface area contributed by atoms with Gasteiger partial charge in [-0.1, -0.05) is 55.8 Å². The average Bonchev–Trinajstić information content (AvgIpc) is 2.60. The Morgan fingerprint density at radius 3 is 2.50 bits per heavy atom. The lowest BCUT2D eigenvalue weighted by Crippen LogP contribution is -1.86. The van der Waals surface area contributed by atoms with Gasteiger partial charge in [0, 0.05) is 16.9 Å². The SMILES string of the molecule is CC(C)[CH]c1cc(-c2ccccc2)c(Cl)s1. The van der Waals surface area contributed by atoms with Crippen molar-refractivity contribution in [3.05, 3.63) is 52.0 Å². The van der Waals surface area contributed by atoms with Crippen molar-refractivity contribution in [2.24, 2.45) is 5.92 Å². The van der Waals surface area contributed by atoms with Crippen LogP contribution in [0.5, 0.6) is 0 Å². The van der Waals surface area contributed by atoms with Gasteiger partial charge in [-0.05, 0) is 17.5 Å². The molecule has 1 aromatic heterocycles. The number of hydrogen-bond acceptors (Lipinski definition) is 1. The zero-order valence-electron chi connectivity index (χ0n) is 9.41. The molecule has 1 aromatic carbocycles. The molecule has 0 aliphatic rings. The van der Waals surface area contributed by atoms with Crippen molar-refractivity contribution < 1.29 is 0 Å². The number of thiophene rings is 1. The highest BCUT2D eigenvalue weighted by Crippen LogP contribution is 2.36. The van der Waals surface area contributed by atoms with Gasteiger partial charge in [0.05, 0.1) is 0 Å². The van der Waals surface area contributed by atoms with Crippen molar-refractivity contribution in [1.82, 2.24) is 0 Å². The topological polar surface area (TPSA) is 0 Å². The molecule has 0 saturated carbocycles. The summed E-state index contributed by atoms with van der Waals surface area (Å²) >= 11 is 7.91. The standard InChI is InChI=1S/C14H14ClS/c1-10(2)8-12-9-13(14(15)16-12)11-6-4-3-5-7-11/h3-10H,1-2H3. The first-order chi connectivity index (χ1) is 7.66. The molecule has 0 amide bonds. The van der Waals surface area contributed by atoms with Gasteiger partial charge in [-0.15, -0.1) is 11.3 Å². The zero-order valence-corrected chi connectivity index (χ0v) is 11.0. The first-order valence-electron chi connectivity index (χ1n) is 5.36. The Morgan fingerprint density at radius 2 is 1.88 bits per heavy atom. The highest BCUT2D eigenvalue weighted by Gasteiger charge is 2.10. The second kappa shape index (κ2) is 5.03. The van der Waals surface area contributed by atoms with Gasteiger partial charge in [0.1, 0.15) is 4.34 Å². The molecule has 2 aromatic rings. The summed E-state index contributed by atoms with van der Waals surface area (Å²) in [5, 5.41) is 0. The highest BCUT2D eigenvalue weighted by molar-refractivity contribution is 7.17. The fraction of sp³-hybridized carbons (Fsp3) is 0.214.